The van der Waals surface area contributed by atoms with E-state index in [1.54, 1.807) is 19.1 Å². The van der Waals surface area contributed by atoms with Gasteiger partial charge in [0.15, 0.2) is 11.5 Å². The number of esters is 1. The van der Waals surface area contributed by atoms with Crippen LogP contribution in [0.15, 0.2) is 42.5 Å². The molecular formula is C33H46O7. The summed E-state index contributed by atoms with van der Waals surface area (Å²) in [5, 5.41) is 9.55. The van der Waals surface area contributed by atoms with Crippen LogP contribution in [0, 0.1) is 17.8 Å². The van der Waals surface area contributed by atoms with Crippen LogP contribution in [0.2, 0.25) is 0 Å². The molecule has 0 spiro atoms. The standard InChI is InChI=1S/C33H46O7/c1-8-37-33(36)20-28(25-9-11-29(40-21-24(6)7)27(17-25)19-32(34)35)26-10-12-30(38-15-13-22(2)3)31(18-26)39-16-14-23(4)5/h9-12,17-18,20,22-24H,8,13-16,19,21H2,1-7H3,(H,34,35)/b28-20+. The van der Waals surface area contributed by atoms with E-state index in [0.29, 0.717) is 65.6 Å². The number of aliphatic carboxylic acids is 1. The molecule has 220 valence electrons. The molecule has 0 heterocycles. The van der Waals surface area contributed by atoms with Gasteiger partial charge in [0.25, 0.3) is 0 Å². The van der Waals surface area contributed by atoms with Crippen molar-refractivity contribution >= 4 is 17.5 Å². The summed E-state index contributed by atoms with van der Waals surface area (Å²) in [5.74, 6) is 1.58. The fourth-order valence-electron chi connectivity index (χ4n) is 3.80. The average Bonchev–Trinajstić information content (AvgIpc) is 2.86. The minimum absolute atomic E-state index is 0.208. The van der Waals surface area contributed by atoms with Gasteiger partial charge in [-0.05, 0) is 78.5 Å². The van der Waals surface area contributed by atoms with E-state index in [2.05, 4.69) is 27.7 Å². The summed E-state index contributed by atoms with van der Waals surface area (Å²) in [6.07, 6.45) is 3.03. The molecule has 0 aliphatic rings. The number of hydrogen-bond donors (Lipinski definition) is 1. The zero-order chi connectivity index (χ0) is 29.7. The van der Waals surface area contributed by atoms with Gasteiger partial charge in [-0.3, -0.25) is 4.79 Å². The smallest absolute Gasteiger partial charge is 0.331 e. The van der Waals surface area contributed by atoms with E-state index in [9.17, 15) is 14.7 Å². The summed E-state index contributed by atoms with van der Waals surface area (Å²) in [5.41, 5.74) is 2.51. The van der Waals surface area contributed by atoms with Gasteiger partial charge in [-0.2, -0.15) is 0 Å². The summed E-state index contributed by atoms with van der Waals surface area (Å²) in [7, 11) is 0. The molecule has 7 nitrogen and oxygen atoms in total. The van der Waals surface area contributed by atoms with Crippen molar-refractivity contribution in [2.75, 3.05) is 26.4 Å². The Morgan fingerprint density at radius 2 is 1.35 bits per heavy atom. The van der Waals surface area contributed by atoms with Gasteiger partial charge in [0.1, 0.15) is 5.75 Å². The third kappa shape index (κ3) is 11.3. The van der Waals surface area contributed by atoms with E-state index in [-0.39, 0.29) is 18.9 Å². The van der Waals surface area contributed by atoms with Crippen LogP contribution in [0.4, 0.5) is 0 Å². The van der Waals surface area contributed by atoms with Crippen LogP contribution >= 0.6 is 0 Å². The average molecular weight is 555 g/mol. The fraction of sp³-hybridized carbons (Fsp3) is 0.515. The molecule has 0 amide bonds. The normalized spacial score (nSPS) is 11.7. The van der Waals surface area contributed by atoms with Gasteiger partial charge in [0.05, 0.1) is 32.8 Å². The topological polar surface area (TPSA) is 91.3 Å². The van der Waals surface area contributed by atoms with Gasteiger partial charge in [-0.15, -0.1) is 0 Å². The van der Waals surface area contributed by atoms with Crippen molar-refractivity contribution < 1.29 is 33.6 Å². The quantitative estimate of drug-likeness (QED) is 0.163. The summed E-state index contributed by atoms with van der Waals surface area (Å²) >= 11 is 0. The van der Waals surface area contributed by atoms with Crippen molar-refractivity contribution in [1.29, 1.82) is 0 Å². The molecule has 0 aromatic heterocycles. The molecule has 0 bridgehead atoms. The predicted molar refractivity (Wildman–Crippen MR) is 158 cm³/mol. The Hall–Kier alpha value is -3.48. The van der Waals surface area contributed by atoms with Crippen LogP contribution in [-0.2, 0) is 20.7 Å². The molecule has 0 unspecified atom stereocenters. The molecule has 0 aliphatic heterocycles. The lowest BCUT2D eigenvalue weighted by atomic mass is 9.94. The third-order valence-electron chi connectivity index (χ3n) is 5.99. The Morgan fingerprint density at radius 3 is 1.90 bits per heavy atom. The highest BCUT2D eigenvalue weighted by atomic mass is 16.5. The van der Waals surface area contributed by atoms with E-state index in [1.165, 1.54) is 6.08 Å². The predicted octanol–water partition coefficient (Wildman–Crippen LogP) is 7.19. The van der Waals surface area contributed by atoms with E-state index in [4.69, 9.17) is 18.9 Å². The molecule has 0 saturated carbocycles. The molecule has 0 fully saturated rings. The number of carbonyl (C=O) groups excluding carboxylic acids is 1. The lowest BCUT2D eigenvalue weighted by Gasteiger charge is -2.18. The van der Waals surface area contributed by atoms with E-state index >= 15 is 0 Å². The van der Waals surface area contributed by atoms with E-state index in [0.717, 1.165) is 18.4 Å². The Balaban J connectivity index is 2.58. The highest BCUT2D eigenvalue weighted by molar-refractivity contribution is 5.96. The Morgan fingerprint density at radius 1 is 0.775 bits per heavy atom. The maximum Gasteiger partial charge on any atom is 0.331 e. The minimum Gasteiger partial charge on any atom is -0.493 e. The van der Waals surface area contributed by atoms with Crippen LogP contribution in [0.5, 0.6) is 17.2 Å². The maximum absolute atomic E-state index is 12.6. The largest absolute Gasteiger partial charge is 0.493 e. The molecule has 1 N–H and O–H groups in total. The Bertz CT molecular complexity index is 1130. The first kappa shape index (κ1) is 32.7. The summed E-state index contributed by atoms with van der Waals surface area (Å²) in [4.78, 5) is 24.3. The molecule has 0 atom stereocenters. The minimum atomic E-state index is -0.966. The number of ether oxygens (including phenoxy) is 4. The first-order valence-electron chi connectivity index (χ1n) is 14.3. The van der Waals surface area contributed by atoms with Crippen LogP contribution in [0.3, 0.4) is 0 Å². The molecule has 7 heteroatoms. The van der Waals surface area contributed by atoms with Gasteiger partial charge >= 0.3 is 11.9 Å². The second kappa shape index (κ2) is 16.6. The van der Waals surface area contributed by atoms with Gasteiger partial charge in [0, 0.05) is 11.6 Å². The van der Waals surface area contributed by atoms with E-state index < -0.39 is 11.9 Å². The molecule has 0 aliphatic carbocycles. The molecule has 0 radical (unpaired) electrons. The van der Waals surface area contributed by atoms with E-state index in [1.807, 2.05) is 38.1 Å². The molecule has 0 saturated heterocycles. The first-order chi connectivity index (χ1) is 19.0. The monoisotopic (exact) mass is 554 g/mol. The number of carboxylic acid groups (broad SMARTS) is 1. The van der Waals surface area contributed by atoms with Gasteiger partial charge in [-0.1, -0.05) is 53.7 Å². The van der Waals surface area contributed by atoms with Crippen molar-refractivity contribution in [3.8, 4) is 17.2 Å². The first-order valence-corrected chi connectivity index (χ1v) is 14.3. The number of hydrogen-bond acceptors (Lipinski definition) is 6. The van der Waals surface area contributed by atoms with Crippen molar-refractivity contribution in [2.45, 2.75) is 67.7 Å². The molecule has 2 aromatic rings. The number of carbonyl (C=O) groups is 2. The fourth-order valence-corrected chi connectivity index (χ4v) is 3.80. The summed E-state index contributed by atoms with van der Waals surface area (Å²) < 4.78 is 23.4. The number of rotatable bonds is 17. The molecule has 2 aromatic carbocycles. The zero-order valence-corrected chi connectivity index (χ0v) is 25.1. The lowest BCUT2D eigenvalue weighted by Crippen LogP contribution is -2.09. The highest BCUT2D eigenvalue weighted by Crippen LogP contribution is 2.35. The molecular weight excluding hydrogens is 508 g/mol. The Labute approximate surface area is 239 Å². The lowest BCUT2D eigenvalue weighted by molar-refractivity contribution is -0.137. The van der Waals surface area contributed by atoms with Crippen LogP contribution in [-0.4, -0.2) is 43.5 Å². The summed E-state index contributed by atoms with van der Waals surface area (Å²) in [6, 6.07) is 11.0. The van der Waals surface area contributed by atoms with Crippen molar-refractivity contribution in [1.82, 2.24) is 0 Å². The number of benzene rings is 2. The molecule has 40 heavy (non-hydrogen) atoms. The number of carboxylic acids is 1. The van der Waals surface area contributed by atoms with Gasteiger partial charge < -0.3 is 24.1 Å². The highest BCUT2D eigenvalue weighted by Gasteiger charge is 2.17. The second-order valence-corrected chi connectivity index (χ2v) is 11.1. The van der Waals surface area contributed by atoms with Crippen LogP contribution < -0.4 is 14.2 Å². The maximum atomic E-state index is 12.6. The Kier molecular flexibility index (Phi) is 13.6. The SMILES string of the molecule is CCOC(=O)/C=C(\c1ccc(OCC(C)C)c(CC(=O)O)c1)c1ccc(OCCC(C)C)c(OCCC(C)C)c1. The van der Waals surface area contributed by atoms with Crippen molar-refractivity contribution in [2.24, 2.45) is 17.8 Å². The van der Waals surface area contributed by atoms with Gasteiger partial charge in [-0.25, -0.2) is 4.79 Å². The zero-order valence-electron chi connectivity index (χ0n) is 25.1. The van der Waals surface area contributed by atoms with Crippen molar-refractivity contribution in [3.05, 3.63) is 59.2 Å². The van der Waals surface area contributed by atoms with Gasteiger partial charge in [0.2, 0.25) is 0 Å². The van der Waals surface area contributed by atoms with Crippen LogP contribution in [0.1, 0.15) is 78.0 Å². The molecule has 2 rings (SSSR count). The third-order valence-corrected chi connectivity index (χ3v) is 5.99. The van der Waals surface area contributed by atoms with Crippen molar-refractivity contribution in [3.63, 3.8) is 0 Å². The summed E-state index contributed by atoms with van der Waals surface area (Å²) in [6.45, 7) is 16.2. The van der Waals surface area contributed by atoms with Crippen LogP contribution in [0.25, 0.3) is 5.57 Å². The second-order valence-electron chi connectivity index (χ2n) is 11.1.